The van der Waals surface area contributed by atoms with Gasteiger partial charge >= 0.3 is 0 Å². The average molecular weight is 384 g/mol. The van der Waals surface area contributed by atoms with Crippen LogP contribution >= 0.6 is 0 Å². The Morgan fingerprint density at radius 2 is 2.07 bits per heavy atom. The number of carbonyl (C=O) groups excluding carboxylic acids is 2. The van der Waals surface area contributed by atoms with Crippen molar-refractivity contribution in [2.45, 2.75) is 51.6 Å². The Morgan fingerprint density at radius 1 is 1.29 bits per heavy atom. The second-order valence-corrected chi connectivity index (χ2v) is 7.68. The fourth-order valence-corrected chi connectivity index (χ4v) is 4.28. The van der Waals surface area contributed by atoms with Gasteiger partial charge in [-0.3, -0.25) is 9.59 Å². The van der Waals surface area contributed by atoms with Crippen molar-refractivity contribution in [1.82, 2.24) is 9.88 Å². The lowest BCUT2D eigenvalue weighted by atomic mass is 9.92. The van der Waals surface area contributed by atoms with E-state index in [2.05, 4.69) is 9.88 Å². The number of nitrogens with zero attached hydrogens (tertiary/aromatic N) is 1. The number of amides is 1. The third-order valence-corrected chi connectivity index (χ3v) is 5.74. The molecular formula is C22H25FN2O3. The van der Waals surface area contributed by atoms with Crippen molar-refractivity contribution in [2.24, 2.45) is 0 Å². The molecule has 5 nitrogen and oxygen atoms in total. The molecule has 1 aromatic heterocycles. The number of ether oxygens (including phenoxy) is 1. The van der Waals surface area contributed by atoms with Crippen molar-refractivity contribution >= 4 is 11.7 Å². The van der Waals surface area contributed by atoms with E-state index in [1.807, 2.05) is 6.92 Å². The van der Waals surface area contributed by atoms with Crippen LogP contribution in [-0.2, 0) is 28.9 Å². The van der Waals surface area contributed by atoms with Gasteiger partial charge in [0.05, 0.1) is 19.1 Å². The molecule has 0 bridgehead atoms. The zero-order valence-corrected chi connectivity index (χ0v) is 16.1. The minimum Gasteiger partial charge on any atom is -0.379 e. The summed E-state index contributed by atoms with van der Waals surface area (Å²) in [6, 6.07) is 6.48. The Morgan fingerprint density at radius 3 is 2.79 bits per heavy atom. The number of Topliss-reactive ketones (excluding diaryl/α,β-unsaturated/α-hetero) is 1. The van der Waals surface area contributed by atoms with Crippen LogP contribution in [0.4, 0.5) is 4.39 Å². The van der Waals surface area contributed by atoms with Crippen LogP contribution < -0.4 is 5.32 Å². The molecule has 1 aliphatic heterocycles. The van der Waals surface area contributed by atoms with E-state index in [1.54, 1.807) is 12.1 Å². The third kappa shape index (κ3) is 3.74. The highest BCUT2D eigenvalue weighted by atomic mass is 19.1. The predicted octanol–water partition coefficient (Wildman–Crippen LogP) is 2.95. The van der Waals surface area contributed by atoms with Gasteiger partial charge in [-0.1, -0.05) is 12.1 Å². The minimum absolute atomic E-state index is 0.0561. The first kappa shape index (κ1) is 18.9. The van der Waals surface area contributed by atoms with Gasteiger partial charge in [0.15, 0.2) is 5.78 Å². The lowest BCUT2D eigenvalue weighted by molar-refractivity contribution is -0.121. The number of rotatable bonds is 5. The van der Waals surface area contributed by atoms with Crippen molar-refractivity contribution < 1.29 is 18.7 Å². The first-order valence-corrected chi connectivity index (χ1v) is 9.88. The Kier molecular flexibility index (Phi) is 5.31. The standard InChI is InChI=1S/C22H25FN2O3/c1-14-18(11-21(27)24-17-9-10-28-13-17)22-19(3-2-4-20(22)26)25(14)12-15-5-7-16(23)8-6-15/h5-8,17H,2-4,9-13H2,1H3,(H,24,27). The maximum absolute atomic E-state index is 13.2. The highest BCUT2D eigenvalue weighted by molar-refractivity contribution is 6.01. The molecule has 0 spiro atoms. The summed E-state index contributed by atoms with van der Waals surface area (Å²) in [4.78, 5) is 25.3. The fraction of sp³-hybridized carbons (Fsp3) is 0.455. The zero-order chi connectivity index (χ0) is 19.7. The monoisotopic (exact) mass is 384 g/mol. The topological polar surface area (TPSA) is 60.3 Å². The van der Waals surface area contributed by atoms with Gasteiger partial charge in [-0.05, 0) is 49.4 Å². The van der Waals surface area contributed by atoms with Crippen molar-refractivity contribution in [3.8, 4) is 0 Å². The number of benzene rings is 1. The van der Waals surface area contributed by atoms with Crippen molar-refractivity contribution in [3.05, 3.63) is 58.2 Å². The van der Waals surface area contributed by atoms with Gasteiger partial charge < -0.3 is 14.6 Å². The molecule has 2 heterocycles. The van der Waals surface area contributed by atoms with E-state index in [9.17, 15) is 14.0 Å². The molecule has 1 amide bonds. The fourth-order valence-electron chi connectivity index (χ4n) is 4.28. The molecule has 0 saturated carbocycles. The van der Waals surface area contributed by atoms with Crippen LogP contribution in [0.5, 0.6) is 0 Å². The highest BCUT2D eigenvalue weighted by Crippen LogP contribution is 2.31. The molecule has 2 aliphatic rings. The highest BCUT2D eigenvalue weighted by Gasteiger charge is 2.29. The van der Waals surface area contributed by atoms with Crippen LogP contribution in [0.3, 0.4) is 0 Å². The third-order valence-electron chi connectivity index (χ3n) is 5.74. The van der Waals surface area contributed by atoms with E-state index in [4.69, 9.17) is 4.74 Å². The van der Waals surface area contributed by atoms with Gasteiger partial charge in [0.25, 0.3) is 0 Å². The van der Waals surface area contributed by atoms with Crippen molar-refractivity contribution in [2.75, 3.05) is 13.2 Å². The number of hydrogen-bond donors (Lipinski definition) is 1. The Bertz CT molecular complexity index is 895. The molecule has 1 N–H and O–H groups in total. The number of fused-ring (bicyclic) bond motifs is 1. The molecule has 1 fully saturated rings. The molecule has 148 valence electrons. The Hall–Kier alpha value is -2.47. The summed E-state index contributed by atoms with van der Waals surface area (Å²) in [6.07, 6.45) is 3.20. The molecule has 2 aromatic rings. The lowest BCUT2D eigenvalue weighted by Gasteiger charge is -2.16. The molecule has 1 aliphatic carbocycles. The van der Waals surface area contributed by atoms with Crippen LogP contribution in [0.15, 0.2) is 24.3 Å². The molecule has 0 radical (unpaired) electrons. The summed E-state index contributed by atoms with van der Waals surface area (Å²) in [5.74, 6) is -0.216. The van der Waals surface area contributed by atoms with E-state index in [-0.39, 0.29) is 30.0 Å². The van der Waals surface area contributed by atoms with E-state index in [1.165, 1.54) is 12.1 Å². The number of carbonyl (C=O) groups is 2. The smallest absolute Gasteiger partial charge is 0.224 e. The lowest BCUT2D eigenvalue weighted by Crippen LogP contribution is -2.36. The molecule has 1 aromatic carbocycles. The van der Waals surface area contributed by atoms with Crippen LogP contribution in [-0.4, -0.2) is 35.5 Å². The minimum atomic E-state index is -0.265. The maximum Gasteiger partial charge on any atom is 0.224 e. The van der Waals surface area contributed by atoms with E-state index < -0.39 is 0 Å². The van der Waals surface area contributed by atoms with Crippen molar-refractivity contribution in [3.63, 3.8) is 0 Å². The summed E-state index contributed by atoms with van der Waals surface area (Å²) in [5, 5.41) is 3.02. The number of halogens is 1. The van der Waals surface area contributed by atoms with Crippen molar-refractivity contribution in [1.29, 1.82) is 0 Å². The van der Waals surface area contributed by atoms with Crippen LogP contribution in [0.25, 0.3) is 0 Å². The summed E-state index contributed by atoms with van der Waals surface area (Å²) in [7, 11) is 0. The van der Waals surface area contributed by atoms with Gasteiger partial charge in [-0.15, -0.1) is 0 Å². The zero-order valence-electron chi connectivity index (χ0n) is 16.1. The van der Waals surface area contributed by atoms with Gasteiger partial charge in [0, 0.05) is 36.5 Å². The predicted molar refractivity (Wildman–Crippen MR) is 103 cm³/mol. The van der Waals surface area contributed by atoms with E-state index >= 15 is 0 Å². The molecule has 28 heavy (non-hydrogen) atoms. The maximum atomic E-state index is 13.2. The molecule has 1 unspecified atom stereocenters. The van der Waals surface area contributed by atoms with Gasteiger partial charge in [-0.25, -0.2) is 4.39 Å². The summed E-state index contributed by atoms with van der Waals surface area (Å²) >= 11 is 0. The Labute approximate surface area is 163 Å². The number of ketones is 1. The average Bonchev–Trinajstić information content (AvgIpc) is 3.26. The molecule has 6 heteroatoms. The summed E-state index contributed by atoms with van der Waals surface area (Å²) in [6.45, 7) is 3.76. The first-order chi connectivity index (χ1) is 13.5. The second-order valence-electron chi connectivity index (χ2n) is 7.68. The van der Waals surface area contributed by atoms with Gasteiger partial charge in [0.1, 0.15) is 5.82 Å². The second kappa shape index (κ2) is 7.87. The van der Waals surface area contributed by atoms with Crippen LogP contribution in [0, 0.1) is 12.7 Å². The van der Waals surface area contributed by atoms with Gasteiger partial charge in [-0.2, -0.15) is 0 Å². The van der Waals surface area contributed by atoms with E-state index in [0.29, 0.717) is 26.2 Å². The van der Waals surface area contributed by atoms with Gasteiger partial charge in [0.2, 0.25) is 5.91 Å². The normalized spacial score (nSPS) is 18.9. The van der Waals surface area contributed by atoms with E-state index in [0.717, 1.165) is 47.3 Å². The summed E-state index contributed by atoms with van der Waals surface area (Å²) < 4.78 is 20.7. The first-order valence-electron chi connectivity index (χ1n) is 9.88. The van der Waals surface area contributed by atoms with Crippen LogP contribution in [0.1, 0.15) is 52.1 Å². The number of hydrogen-bond acceptors (Lipinski definition) is 3. The SMILES string of the molecule is Cc1c(CC(=O)NC2CCOC2)c2c(n1Cc1ccc(F)cc1)CCCC2=O. The van der Waals surface area contributed by atoms with Crippen LogP contribution in [0.2, 0.25) is 0 Å². The quantitative estimate of drug-likeness (QED) is 0.862. The number of nitrogens with one attached hydrogen (secondary N) is 1. The molecule has 1 atom stereocenters. The molecule has 4 rings (SSSR count). The largest absolute Gasteiger partial charge is 0.379 e. The Balaban J connectivity index is 1.63. The molecule has 1 saturated heterocycles. The number of aromatic nitrogens is 1. The summed E-state index contributed by atoms with van der Waals surface area (Å²) in [5.41, 5.74) is 4.48. The molecular weight excluding hydrogens is 359 g/mol.